The second-order valence-corrected chi connectivity index (χ2v) is 6.02. The number of nitrogens with one attached hydrogen (secondary N) is 2. The number of rotatable bonds is 7. The fourth-order valence-corrected chi connectivity index (χ4v) is 2.91. The molecule has 0 saturated carbocycles. The van der Waals surface area contributed by atoms with Crippen LogP contribution in [0.5, 0.6) is 0 Å². The molecule has 1 saturated heterocycles. The van der Waals surface area contributed by atoms with Gasteiger partial charge in [-0.15, -0.1) is 0 Å². The van der Waals surface area contributed by atoms with E-state index in [0.717, 1.165) is 32.5 Å². The Morgan fingerprint density at radius 2 is 2.09 bits per heavy atom. The summed E-state index contributed by atoms with van der Waals surface area (Å²) in [5, 5.41) is 14.8. The summed E-state index contributed by atoms with van der Waals surface area (Å²) >= 11 is 0. The number of halogens is 1. The summed E-state index contributed by atoms with van der Waals surface area (Å²) in [7, 11) is 0. The molecule has 128 valence electrons. The molecule has 3 N–H and O–H groups in total. The first kappa shape index (κ1) is 17.7. The highest BCUT2D eigenvalue weighted by atomic mass is 19.1. The molecule has 1 aliphatic rings. The second-order valence-electron chi connectivity index (χ2n) is 6.02. The Bertz CT molecular complexity index is 498. The van der Waals surface area contributed by atoms with Crippen LogP contribution in [0.15, 0.2) is 24.3 Å². The molecule has 1 aromatic rings. The van der Waals surface area contributed by atoms with Crippen LogP contribution in [0.25, 0.3) is 0 Å². The van der Waals surface area contributed by atoms with Crippen molar-refractivity contribution >= 4 is 6.03 Å². The lowest BCUT2D eigenvalue weighted by Gasteiger charge is -2.31. The zero-order valence-electron chi connectivity index (χ0n) is 13.4. The smallest absolute Gasteiger partial charge is 0.314 e. The predicted molar refractivity (Wildman–Crippen MR) is 87.8 cm³/mol. The third-order valence-electron chi connectivity index (χ3n) is 4.21. The van der Waals surface area contributed by atoms with Crippen LogP contribution in [0, 0.1) is 11.7 Å². The first-order valence-corrected chi connectivity index (χ1v) is 8.27. The van der Waals surface area contributed by atoms with Crippen LogP contribution >= 0.6 is 0 Å². The Hall–Kier alpha value is -1.66. The van der Waals surface area contributed by atoms with Gasteiger partial charge in [-0.3, -0.25) is 0 Å². The minimum Gasteiger partial charge on any atom is -0.396 e. The molecule has 0 aliphatic carbocycles. The number of benzene rings is 1. The van der Waals surface area contributed by atoms with Crippen LogP contribution in [-0.4, -0.2) is 55.4 Å². The summed E-state index contributed by atoms with van der Waals surface area (Å²) in [4.78, 5) is 14.0. The van der Waals surface area contributed by atoms with Gasteiger partial charge in [0.05, 0.1) is 0 Å². The van der Waals surface area contributed by atoms with Crippen molar-refractivity contribution < 1.29 is 14.3 Å². The molecule has 0 bridgehead atoms. The molecule has 1 heterocycles. The van der Waals surface area contributed by atoms with Crippen LogP contribution in [0.4, 0.5) is 9.18 Å². The SMILES string of the molecule is O=C(NCCc1ccccc1F)NCCN1CCCC(CO)C1. The highest BCUT2D eigenvalue weighted by molar-refractivity contribution is 5.73. The third kappa shape index (κ3) is 6.15. The normalized spacial score (nSPS) is 18.6. The number of amides is 2. The number of carbonyl (C=O) groups excluding carboxylic acids is 1. The molecular formula is C17H26FN3O2. The van der Waals surface area contributed by atoms with E-state index in [1.54, 1.807) is 18.2 Å². The number of piperidine rings is 1. The van der Waals surface area contributed by atoms with E-state index >= 15 is 0 Å². The molecule has 0 radical (unpaired) electrons. The largest absolute Gasteiger partial charge is 0.396 e. The number of hydrogen-bond donors (Lipinski definition) is 3. The summed E-state index contributed by atoms with van der Waals surface area (Å²) in [5.41, 5.74) is 0.608. The molecule has 5 nitrogen and oxygen atoms in total. The highest BCUT2D eigenvalue weighted by Gasteiger charge is 2.18. The first-order valence-electron chi connectivity index (χ1n) is 8.27. The summed E-state index contributed by atoms with van der Waals surface area (Å²) in [5.74, 6) is 0.122. The van der Waals surface area contributed by atoms with E-state index in [-0.39, 0.29) is 18.5 Å². The summed E-state index contributed by atoms with van der Waals surface area (Å²) in [6.45, 7) is 3.92. The summed E-state index contributed by atoms with van der Waals surface area (Å²) in [6, 6.07) is 6.37. The lowest BCUT2D eigenvalue weighted by molar-refractivity contribution is 0.121. The van der Waals surface area contributed by atoms with Gasteiger partial charge in [0.2, 0.25) is 0 Å². The molecule has 1 aliphatic heterocycles. The van der Waals surface area contributed by atoms with Crippen molar-refractivity contribution in [3.05, 3.63) is 35.6 Å². The van der Waals surface area contributed by atoms with Gasteiger partial charge in [0.1, 0.15) is 5.82 Å². The van der Waals surface area contributed by atoms with Crippen LogP contribution in [0.2, 0.25) is 0 Å². The number of likely N-dealkylation sites (tertiary alicyclic amines) is 1. The minimum atomic E-state index is -0.238. The average molecular weight is 323 g/mol. The van der Waals surface area contributed by atoms with Crippen molar-refractivity contribution in [1.82, 2.24) is 15.5 Å². The van der Waals surface area contributed by atoms with Crippen LogP contribution in [0.3, 0.4) is 0 Å². The van der Waals surface area contributed by atoms with E-state index in [4.69, 9.17) is 0 Å². The standard InChI is InChI=1S/C17H26FN3O2/c18-16-6-2-1-5-15(16)7-8-19-17(23)20-9-11-21-10-3-4-14(12-21)13-22/h1-2,5-6,14,22H,3-4,7-13H2,(H2,19,20,23). The minimum absolute atomic E-state index is 0.225. The maximum atomic E-state index is 13.4. The topological polar surface area (TPSA) is 64.6 Å². The third-order valence-corrected chi connectivity index (χ3v) is 4.21. The Kier molecular flexibility index (Phi) is 7.29. The fraction of sp³-hybridized carbons (Fsp3) is 0.588. The Balaban J connectivity index is 1.57. The van der Waals surface area contributed by atoms with Crippen LogP contribution in [-0.2, 0) is 6.42 Å². The highest BCUT2D eigenvalue weighted by Crippen LogP contribution is 2.14. The van der Waals surface area contributed by atoms with Gasteiger partial charge in [-0.1, -0.05) is 18.2 Å². The number of aliphatic hydroxyl groups is 1. The molecule has 1 fully saturated rings. The van der Waals surface area contributed by atoms with Crippen LogP contribution in [0.1, 0.15) is 18.4 Å². The zero-order valence-corrected chi connectivity index (χ0v) is 13.4. The number of hydrogen-bond acceptors (Lipinski definition) is 3. The molecule has 2 rings (SSSR count). The number of aliphatic hydroxyl groups excluding tert-OH is 1. The van der Waals surface area contributed by atoms with Gasteiger partial charge in [0.25, 0.3) is 0 Å². The van der Waals surface area contributed by atoms with Crippen molar-refractivity contribution in [1.29, 1.82) is 0 Å². The fourth-order valence-electron chi connectivity index (χ4n) is 2.91. The lowest BCUT2D eigenvalue weighted by Crippen LogP contribution is -2.44. The predicted octanol–water partition coefficient (Wildman–Crippen LogP) is 1.37. The van der Waals surface area contributed by atoms with E-state index in [9.17, 15) is 14.3 Å². The van der Waals surface area contributed by atoms with E-state index in [2.05, 4.69) is 15.5 Å². The van der Waals surface area contributed by atoms with E-state index in [0.29, 0.717) is 31.0 Å². The van der Waals surface area contributed by atoms with Gasteiger partial charge < -0.3 is 20.6 Å². The van der Waals surface area contributed by atoms with Crippen molar-refractivity contribution in [3.63, 3.8) is 0 Å². The Labute approximate surface area is 136 Å². The molecule has 0 aromatic heterocycles. The molecule has 1 aromatic carbocycles. The number of nitrogens with zero attached hydrogens (tertiary/aromatic N) is 1. The molecular weight excluding hydrogens is 297 g/mol. The van der Waals surface area contributed by atoms with Crippen molar-refractivity contribution in [2.45, 2.75) is 19.3 Å². The quantitative estimate of drug-likeness (QED) is 0.710. The van der Waals surface area contributed by atoms with Gasteiger partial charge in [-0.2, -0.15) is 0 Å². The number of carbonyl (C=O) groups is 1. The molecule has 6 heteroatoms. The molecule has 2 amide bonds. The van der Waals surface area contributed by atoms with E-state index in [1.165, 1.54) is 6.07 Å². The average Bonchev–Trinajstić information content (AvgIpc) is 2.57. The van der Waals surface area contributed by atoms with Gasteiger partial charge in [-0.05, 0) is 43.4 Å². The monoisotopic (exact) mass is 323 g/mol. The van der Waals surface area contributed by atoms with Crippen molar-refractivity contribution in [2.75, 3.05) is 39.3 Å². The van der Waals surface area contributed by atoms with Gasteiger partial charge in [0.15, 0.2) is 0 Å². The molecule has 1 unspecified atom stereocenters. The van der Waals surface area contributed by atoms with E-state index < -0.39 is 0 Å². The van der Waals surface area contributed by atoms with Gasteiger partial charge in [0, 0.05) is 32.8 Å². The molecule has 0 spiro atoms. The van der Waals surface area contributed by atoms with Gasteiger partial charge >= 0.3 is 6.03 Å². The van der Waals surface area contributed by atoms with Crippen LogP contribution < -0.4 is 10.6 Å². The second kappa shape index (κ2) is 9.47. The maximum absolute atomic E-state index is 13.4. The van der Waals surface area contributed by atoms with Crippen molar-refractivity contribution in [3.8, 4) is 0 Å². The lowest BCUT2D eigenvalue weighted by atomic mass is 9.99. The first-order chi connectivity index (χ1) is 11.2. The van der Waals surface area contributed by atoms with E-state index in [1.807, 2.05) is 0 Å². The Morgan fingerprint density at radius 1 is 1.30 bits per heavy atom. The van der Waals surface area contributed by atoms with Crippen molar-refractivity contribution in [2.24, 2.45) is 5.92 Å². The summed E-state index contributed by atoms with van der Waals surface area (Å²) in [6.07, 6.45) is 2.65. The Morgan fingerprint density at radius 3 is 2.87 bits per heavy atom. The zero-order chi connectivity index (χ0) is 16.5. The maximum Gasteiger partial charge on any atom is 0.314 e. The molecule has 1 atom stereocenters. The summed E-state index contributed by atoms with van der Waals surface area (Å²) < 4.78 is 13.4. The molecule has 23 heavy (non-hydrogen) atoms. The van der Waals surface area contributed by atoms with Gasteiger partial charge in [-0.25, -0.2) is 9.18 Å². The number of urea groups is 1.